The number of nitrogens with zero attached hydrogens (tertiary/aromatic N) is 3. The maximum atomic E-state index is 13.9. The number of carbonyl (C=O) groups is 2. The fourth-order valence-electron chi connectivity index (χ4n) is 4.53. The molecule has 0 radical (unpaired) electrons. The minimum Gasteiger partial charge on any atom is -0.340 e. The zero-order valence-electron chi connectivity index (χ0n) is 20.2. The highest BCUT2D eigenvalue weighted by Crippen LogP contribution is 2.53. The van der Waals surface area contributed by atoms with E-state index in [-0.39, 0.29) is 30.0 Å². The third-order valence-electron chi connectivity index (χ3n) is 6.59. The minimum atomic E-state index is -7.25. The third kappa shape index (κ3) is 4.21. The first-order valence-corrected chi connectivity index (χ1v) is 11.6. The van der Waals surface area contributed by atoms with E-state index in [1.165, 1.54) is 24.5 Å². The number of halogens is 9. The van der Waals surface area contributed by atoms with Crippen LogP contribution in [0.2, 0.25) is 0 Å². The van der Waals surface area contributed by atoms with E-state index < -0.39 is 29.9 Å². The lowest BCUT2D eigenvalue weighted by molar-refractivity contribution is -0.390. The van der Waals surface area contributed by atoms with Gasteiger partial charge in [-0.1, -0.05) is 23.4 Å². The van der Waals surface area contributed by atoms with Gasteiger partial charge in [0.15, 0.2) is 5.78 Å². The van der Waals surface area contributed by atoms with Crippen LogP contribution in [0.5, 0.6) is 0 Å². The molecule has 0 N–H and O–H groups in total. The fraction of sp³-hybridized carbons (Fsp3) is 0.231. The number of pyridine rings is 1. The molecular formula is C26H14F9N3O3. The summed E-state index contributed by atoms with van der Waals surface area (Å²) in [5.74, 6) is -24.7. The molecule has 1 aliphatic heterocycles. The third-order valence-corrected chi connectivity index (χ3v) is 6.59. The fourth-order valence-corrected chi connectivity index (χ4v) is 4.53. The van der Waals surface area contributed by atoms with Crippen molar-refractivity contribution in [2.45, 2.75) is 36.9 Å². The van der Waals surface area contributed by atoms with E-state index in [1.54, 1.807) is 41.0 Å². The van der Waals surface area contributed by atoms with Crippen molar-refractivity contribution in [3.8, 4) is 0 Å². The van der Waals surface area contributed by atoms with Crippen LogP contribution in [0.3, 0.4) is 0 Å². The monoisotopic (exact) mass is 587 g/mol. The summed E-state index contributed by atoms with van der Waals surface area (Å²) in [6.45, 7) is 0.0992. The molecule has 0 amide bonds. The Morgan fingerprint density at radius 2 is 1.59 bits per heavy atom. The first-order chi connectivity index (χ1) is 19.1. The molecule has 4 aromatic rings. The van der Waals surface area contributed by atoms with Gasteiger partial charge in [0.2, 0.25) is 0 Å². The molecule has 0 bridgehead atoms. The Hall–Kier alpha value is -4.43. The molecule has 0 atom stereocenters. The summed E-state index contributed by atoms with van der Waals surface area (Å²) in [6, 6.07) is 12.7. The molecule has 0 saturated heterocycles. The molecule has 6 nitrogen and oxygen atoms in total. The first-order valence-electron chi connectivity index (χ1n) is 11.6. The quantitative estimate of drug-likeness (QED) is 0.111. The van der Waals surface area contributed by atoms with Gasteiger partial charge in [0.05, 0.1) is 11.2 Å². The standard InChI is InChI=1S/C26H14F9N3O3/c27-23(28,24(29,30)25(31,32)26(33,34)35)22(40)41-37-18-8-10-38-19-7-6-13(21(39)14-3-2-9-36-12-14)11-17(19)15-4-1-5-16(18)20(15)38/h1-7,9,11-12H,8,10H2/b37-18+. The molecule has 0 unspecified atom stereocenters. The van der Waals surface area contributed by atoms with Crippen molar-refractivity contribution in [3.05, 3.63) is 77.6 Å². The van der Waals surface area contributed by atoms with Crippen LogP contribution in [0, 0.1) is 0 Å². The molecular weight excluding hydrogens is 573 g/mol. The second-order valence-corrected chi connectivity index (χ2v) is 9.04. The van der Waals surface area contributed by atoms with E-state index in [9.17, 15) is 49.1 Å². The molecule has 214 valence electrons. The summed E-state index contributed by atoms with van der Waals surface area (Å²) in [6.07, 6.45) is -4.30. The van der Waals surface area contributed by atoms with E-state index in [2.05, 4.69) is 15.0 Å². The average molecular weight is 587 g/mol. The average Bonchev–Trinajstić information content (AvgIpc) is 3.26. The number of fused-ring (bicyclic) bond motifs is 3. The number of alkyl halides is 9. The lowest BCUT2D eigenvalue weighted by Gasteiger charge is -2.31. The normalized spacial score (nSPS) is 15.5. The zero-order chi connectivity index (χ0) is 30.0. The van der Waals surface area contributed by atoms with E-state index in [4.69, 9.17) is 0 Å². The topological polar surface area (TPSA) is 73.6 Å². The Morgan fingerprint density at radius 1 is 0.854 bits per heavy atom. The molecule has 2 aromatic heterocycles. The summed E-state index contributed by atoms with van der Waals surface area (Å²) in [5.41, 5.74) is 1.73. The molecule has 2 aromatic carbocycles. The van der Waals surface area contributed by atoms with Crippen LogP contribution >= 0.6 is 0 Å². The highest BCUT2D eigenvalue weighted by atomic mass is 19.4. The van der Waals surface area contributed by atoms with Crippen LogP contribution in [0.25, 0.3) is 21.8 Å². The van der Waals surface area contributed by atoms with Gasteiger partial charge in [-0.05, 0) is 30.3 Å². The maximum Gasteiger partial charge on any atom is 0.460 e. The molecule has 1 aliphatic rings. The SMILES string of the molecule is O=C(c1cccnc1)c1ccc2c(c1)c1cccc3c1n2CC/C3=N\OC(=O)C(F)(F)C(F)(F)C(F)(F)C(F)(F)F. The highest BCUT2D eigenvalue weighted by Gasteiger charge is 2.84. The van der Waals surface area contributed by atoms with Gasteiger partial charge in [0, 0.05) is 58.3 Å². The number of carbonyl (C=O) groups excluding carboxylic acids is 2. The van der Waals surface area contributed by atoms with Crippen molar-refractivity contribution in [3.63, 3.8) is 0 Å². The largest absolute Gasteiger partial charge is 0.460 e. The number of ketones is 1. The number of rotatable bonds is 6. The maximum absolute atomic E-state index is 13.9. The smallest absolute Gasteiger partial charge is 0.340 e. The van der Waals surface area contributed by atoms with Crippen LogP contribution in [0.1, 0.15) is 27.9 Å². The van der Waals surface area contributed by atoms with Gasteiger partial charge in [-0.15, -0.1) is 0 Å². The summed E-state index contributed by atoms with van der Waals surface area (Å²) < 4.78 is 120. The molecule has 0 fully saturated rings. The lowest BCUT2D eigenvalue weighted by Crippen LogP contribution is -2.63. The van der Waals surface area contributed by atoms with Crippen molar-refractivity contribution in [1.29, 1.82) is 0 Å². The van der Waals surface area contributed by atoms with Crippen LogP contribution in [-0.4, -0.2) is 51.0 Å². The molecule has 3 heterocycles. The Bertz CT molecular complexity index is 1730. The molecule has 5 rings (SSSR count). The number of hydrogen-bond donors (Lipinski definition) is 0. The predicted molar refractivity (Wildman–Crippen MR) is 125 cm³/mol. The summed E-state index contributed by atoms with van der Waals surface area (Å²) >= 11 is 0. The van der Waals surface area contributed by atoms with Crippen LogP contribution < -0.4 is 0 Å². The van der Waals surface area contributed by atoms with Crippen molar-refractivity contribution in [1.82, 2.24) is 9.55 Å². The van der Waals surface area contributed by atoms with Gasteiger partial charge < -0.3 is 9.40 Å². The Morgan fingerprint density at radius 3 is 2.24 bits per heavy atom. The highest BCUT2D eigenvalue weighted by molar-refractivity contribution is 6.20. The van der Waals surface area contributed by atoms with Crippen molar-refractivity contribution in [2.75, 3.05) is 0 Å². The van der Waals surface area contributed by atoms with Crippen molar-refractivity contribution >= 4 is 39.3 Å². The van der Waals surface area contributed by atoms with E-state index in [0.29, 0.717) is 32.9 Å². The number of aromatic nitrogens is 2. The molecule has 15 heteroatoms. The first kappa shape index (κ1) is 28.1. The van der Waals surface area contributed by atoms with Crippen LogP contribution in [-0.2, 0) is 16.2 Å². The second-order valence-electron chi connectivity index (χ2n) is 9.04. The predicted octanol–water partition coefficient (Wildman–Crippen LogP) is 6.54. The van der Waals surface area contributed by atoms with Gasteiger partial charge in [-0.25, -0.2) is 4.79 Å². The number of oxime groups is 1. The van der Waals surface area contributed by atoms with E-state index in [0.717, 1.165) is 0 Å². The van der Waals surface area contributed by atoms with E-state index in [1.807, 2.05) is 0 Å². The molecule has 0 saturated carbocycles. The Kier molecular flexibility index (Phi) is 6.38. The van der Waals surface area contributed by atoms with Gasteiger partial charge in [-0.2, -0.15) is 39.5 Å². The van der Waals surface area contributed by atoms with E-state index >= 15 is 0 Å². The Labute approximate surface area is 223 Å². The van der Waals surface area contributed by atoms with Crippen molar-refractivity contribution in [2.24, 2.45) is 5.16 Å². The second kappa shape index (κ2) is 9.31. The number of para-hydroxylation sites is 1. The summed E-state index contributed by atoms with van der Waals surface area (Å²) in [4.78, 5) is 32.3. The molecule has 0 aliphatic carbocycles. The van der Waals surface area contributed by atoms with Crippen LogP contribution in [0.15, 0.2) is 66.1 Å². The van der Waals surface area contributed by atoms with Gasteiger partial charge >= 0.3 is 29.9 Å². The molecule has 0 spiro atoms. The summed E-state index contributed by atoms with van der Waals surface area (Å²) in [7, 11) is 0. The van der Waals surface area contributed by atoms with Gasteiger partial charge in [0.1, 0.15) is 0 Å². The van der Waals surface area contributed by atoms with Gasteiger partial charge in [0.25, 0.3) is 0 Å². The minimum absolute atomic E-state index is 0.0992. The Balaban J connectivity index is 1.50. The molecule has 41 heavy (non-hydrogen) atoms. The number of hydrogen-bond acceptors (Lipinski definition) is 5. The van der Waals surface area contributed by atoms with Gasteiger partial charge in [-0.3, -0.25) is 9.78 Å². The zero-order valence-corrected chi connectivity index (χ0v) is 20.2. The lowest BCUT2D eigenvalue weighted by atomic mass is 10.00. The van der Waals surface area contributed by atoms with Crippen molar-refractivity contribution < 1.29 is 53.9 Å². The number of benzene rings is 2. The van der Waals surface area contributed by atoms with Crippen LogP contribution in [0.4, 0.5) is 39.5 Å². The number of aryl methyl sites for hydroxylation is 1. The summed E-state index contributed by atoms with van der Waals surface area (Å²) in [5, 5.41) is 4.30.